The highest BCUT2D eigenvalue weighted by Gasteiger charge is 2.42. The topological polar surface area (TPSA) is 46.1 Å². The van der Waals surface area contributed by atoms with Crippen LogP contribution in [0.2, 0.25) is 0 Å². The molecule has 0 aromatic heterocycles. The summed E-state index contributed by atoms with van der Waals surface area (Å²) in [4.78, 5) is 2.21. The minimum absolute atomic E-state index is 0.0753. The summed E-state index contributed by atoms with van der Waals surface area (Å²) in [6.45, 7) is 1.75. The van der Waals surface area contributed by atoms with Crippen molar-refractivity contribution in [3.8, 4) is 11.5 Å². The number of benzene rings is 1. The van der Waals surface area contributed by atoms with Crippen molar-refractivity contribution in [1.82, 2.24) is 10.3 Å². The van der Waals surface area contributed by atoms with Gasteiger partial charge in [-0.05, 0) is 12.1 Å². The summed E-state index contributed by atoms with van der Waals surface area (Å²) in [6.07, 6.45) is 0.980. The Kier molecular flexibility index (Phi) is 1.77. The number of rotatable bonds is 0. The second-order valence-electron chi connectivity index (χ2n) is 4.48. The fraction of sp³-hybridized carbons (Fsp3) is 0.417. The molecule has 5 heteroatoms. The number of nitrogens with zero attached hydrogens (tertiary/aromatic N) is 2. The normalized spacial score (nSPS) is 28.9. The van der Waals surface area contributed by atoms with Gasteiger partial charge in [0.2, 0.25) is 0 Å². The van der Waals surface area contributed by atoms with Crippen LogP contribution in [0, 0.1) is 0 Å². The van der Waals surface area contributed by atoms with E-state index >= 15 is 0 Å². The molecule has 17 heavy (non-hydrogen) atoms. The maximum Gasteiger partial charge on any atom is 0.194 e. The van der Waals surface area contributed by atoms with Gasteiger partial charge in [0, 0.05) is 13.0 Å². The summed E-state index contributed by atoms with van der Waals surface area (Å²) in [7, 11) is 0. The van der Waals surface area contributed by atoms with Gasteiger partial charge in [-0.3, -0.25) is 5.43 Å². The summed E-state index contributed by atoms with van der Waals surface area (Å²) < 4.78 is 12.0. The molecule has 4 rings (SSSR count). The number of fused-ring (bicyclic) bond motifs is 4. The van der Waals surface area contributed by atoms with E-state index in [2.05, 4.69) is 15.4 Å². The number of nitrogens with one attached hydrogen (secondary N) is 1. The van der Waals surface area contributed by atoms with Crippen LogP contribution in [0.15, 0.2) is 29.4 Å². The lowest BCUT2D eigenvalue weighted by Crippen LogP contribution is -2.55. The third-order valence-corrected chi connectivity index (χ3v) is 3.44. The Balaban J connectivity index is 1.72. The lowest BCUT2D eigenvalue weighted by molar-refractivity contribution is 0.0299. The van der Waals surface area contributed by atoms with E-state index in [0.717, 1.165) is 37.0 Å². The Morgan fingerprint density at radius 2 is 2.06 bits per heavy atom. The van der Waals surface area contributed by atoms with Gasteiger partial charge in [-0.2, -0.15) is 5.10 Å². The quantitative estimate of drug-likeness (QED) is 0.716. The van der Waals surface area contributed by atoms with Crippen molar-refractivity contribution < 1.29 is 9.47 Å². The molecule has 0 amide bonds. The van der Waals surface area contributed by atoms with Gasteiger partial charge in [-0.1, -0.05) is 12.1 Å². The molecule has 1 fully saturated rings. The van der Waals surface area contributed by atoms with E-state index in [1.807, 2.05) is 24.3 Å². The lowest BCUT2D eigenvalue weighted by Gasteiger charge is -2.40. The van der Waals surface area contributed by atoms with Crippen LogP contribution in [0.5, 0.6) is 11.5 Å². The van der Waals surface area contributed by atoms with Crippen LogP contribution >= 0.6 is 0 Å². The highest BCUT2D eigenvalue weighted by atomic mass is 16.6. The average Bonchev–Trinajstić information content (AvgIpc) is 2.85. The second kappa shape index (κ2) is 3.29. The first-order chi connectivity index (χ1) is 8.42. The number of hydrazone groups is 1. The van der Waals surface area contributed by atoms with Gasteiger partial charge in [-0.25, -0.2) is 0 Å². The predicted molar refractivity (Wildman–Crippen MR) is 62.0 cm³/mol. The molecule has 0 radical (unpaired) electrons. The SMILES string of the molecule is c1ccc2c(c1)OC1CCN3CNN=C3C1O2. The van der Waals surface area contributed by atoms with Crippen molar-refractivity contribution in [3.63, 3.8) is 0 Å². The lowest BCUT2D eigenvalue weighted by atomic mass is 10.0. The third kappa shape index (κ3) is 1.28. The average molecular weight is 231 g/mol. The van der Waals surface area contributed by atoms with Crippen LogP contribution in [-0.2, 0) is 0 Å². The summed E-state index contributed by atoms with van der Waals surface area (Å²) in [6, 6.07) is 7.81. The summed E-state index contributed by atoms with van der Waals surface area (Å²) in [5.41, 5.74) is 3.00. The number of hydrogen-bond acceptors (Lipinski definition) is 5. The zero-order valence-electron chi connectivity index (χ0n) is 9.30. The van der Waals surface area contributed by atoms with Crippen LogP contribution in [0.4, 0.5) is 0 Å². The predicted octanol–water partition coefficient (Wildman–Crippen LogP) is 0.775. The van der Waals surface area contributed by atoms with Crippen molar-refractivity contribution >= 4 is 5.84 Å². The number of ether oxygens (including phenoxy) is 2. The third-order valence-electron chi connectivity index (χ3n) is 3.44. The Hall–Kier alpha value is -1.91. The van der Waals surface area contributed by atoms with Crippen LogP contribution in [0.3, 0.4) is 0 Å². The van der Waals surface area contributed by atoms with Crippen molar-refractivity contribution in [2.24, 2.45) is 5.10 Å². The number of piperidine rings is 1. The molecule has 2 unspecified atom stereocenters. The molecule has 0 saturated carbocycles. The van der Waals surface area contributed by atoms with Gasteiger partial charge in [0.05, 0.1) is 0 Å². The van der Waals surface area contributed by atoms with Gasteiger partial charge in [-0.15, -0.1) is 0 Å². The van der Waals surface area contributed by atoms with Gasteiger partial charge >= 0.3 is 0 Å². The molecular weight excluding hydrogens is 218 g/mol. The minimum Gasteiger partial charge on any atom is -0.482 e. The van der Waals surface area contributed by atoms with E-state index in [9.17, 15) is 0 Å². The van der Waals surface area contributed by atoms with Crippen molar-refractivity contribution in [2.45, 2.75) is 18.6 Å². The first-order valence-electron chi connectivity index (χ1n) is 5.89. The molecule has 3 aliphatic heterocycles. The highest BCUT2D eigenvalue weighted by molar-refractivity contribution is 5.89. The van der Waals surface area contributed by atoms with Crippen LogP contribution in [0.1, 0.15) is 6.42 Å². The van der Waals surface area contributed by atoms with Gasteiger partial charge in [0.1, 0.15) is 12.8 Å². The van der Waals surface area contributed by atoms with Crippen LogP contribution in [-0.4, -0.2) is 36.2 Å². The molecule has 1 N–H and O–H groups in total. The number of amidine groups is 1. The molecule has 88 valence electrons. The highest BCUT2D eigenvalue weighted by Crippen LogP contribution is 2.36. The molecule has 0 spiro atoms. The van der Waals surface area contributed by atoms with E-state index in [0.29, 0.717) is 0 Å². The fourth-order valence-corrected chi connectivity index (χ4v) is 2.59. The zero-order chi connectivity index (χ0) is 11.2. The van der Waals surface area contributed by atoms with E-state index in [1.165, 1.54) is 0 Å². The van der Waals surface area contributed by atoms with Crippen LogP contribution < -0.4 is 14.9 Å². The van der Waals surface area contributed by atoms with Crippen LogP contribution in [0.25, 0.3) is 0 Å². The number of hydrogen-bond donors (Lipinski definition) is 1. The molecule has 3 heterocycles. The molecule has 1 saturated heterocycles. The molecule has 1 aromatic rings. The molecule has 1 aromatic carbocycles. The molecule has 0 bridgehead atoms. The molecule has 0 aliphatic carbocycles. The van der Waals surface area contributed by atoms with E-state index in [4.69, 9.17) is 9.47 Å². The van der Waals surface area contributed by atoms with E-state index < -0.39 is 0 Å². The second-order valence-corrected chi connectivity index (χ2v) is 4.48. The molecular formula is C12H13N3O2. The van der Waals surface area contributed by atoms with Crippen molar-refractivity contribution in [2.75, 3.05) is 13.2 Å². The van der Waals surface area contributed by atoms with E-state index in [1.54, 1.807) is 0 Å². The maximum absolute atomic E-state index is 6.01. The Bertz CT molecular complexity index is 488. The first kappa shape index (κ1) is 9.15. The zero-order valence-corrected chi connectivity index (χ0v) is 9.30. The maximum atomic E-state index is 6.01. The van der Waals surface area contributed by atoms with Gasteiger partial charge in [0.15, 0.2) is 23.4 Å². The van der Waals surface area contributed by atoms with Gasteiger partial charge < -0.3 is 14.4 Å². The number of para-hydroxylation sites is 2. The summed E-state index contributed by atoms with van der Waals surface area (Å²) in [5, 5.41) is 4.30. The smallest absolute Gasteiger partial charge is 0.194 e. The summed E-state index contributed by atoms with van der Waals surface area (Å²) in [5.74, 6) is 2.62. The molecule has 2 atom stereocenters. The Morgan fingerprint density at radius 1 is 1.24 bits per heavy atom. The van der Waals surface area contributed by atoms with E-state index in [-0.39, 0.29) is 12.2 Å². The standard InChI is InChI=1S/C12H13N3O2/c1-2-4-9-8(3-1)16-10-5-6-15-7-13-14-12(15)11(10)17-9/h1-4,10-11,13H,5-7H2. The van der Waals surface area contributed by atoms with Gasteiger partial charge in [0.25, 0.3) is 0 Å². The minimum atomic E-state index is -0.0753. The van der Waals surface area contributed by atoms with Crippen molar-refractivity contribution in [3.05, 3.63) is 24.3 Å². The summed E-state index contributed by atoms with van der Waals surface area (Å²) >= 11 is 0. The first-order valence-corrected chi connectivity index (χ1v) is 5.89. The van der Waals surface area contributed by atoms with Crippen molar-refractivity contribution in [1.29, 1.82) is 0 Å². The largest absolute Gasteiger partial charge is 0.482 e. The Morgan fingerprint density at radius 3 is 2.94 bits per heavy atom. The molecule has 5 nitrogen and oxygen atoms in total. The monoisotopic (exact) mass is 231 g/mol. The molecule has 3 aliphatic rings. The Labute approximate surface area is 99.0 Å². The fourth-order valence-electron chi connectivity index (χ4n) is 2.59.